The van der Waals surface area contributed by atoms with Crippen LogP contribution in [0.1, 0.15) is 165 Å². The van der Waals surface area contributed by atoms with Crippen molar-refractivity contribution in [3.8, 4) is 0 Å². The second-order valence-corrected chi connectivity index (χ2v) is 39.9. The van der Waals surface area contributed by atoms with Gasteiger partial charge in [-0.2, -0.15) is 42.8 Å². The molecule has 0 atom stereocenters. The van der Waals surface area contributed by atoms with E-state index in [-0.39, 0.29) is 107 Å². The van der Waals surface area contributed by atoms with Gasteiger partial charge in [0.05, 0.1) is 42.5 Å². The van der Waals surface area contributed by atoms with Crippen molar-refractivity contribution >= 4 is 122 Å². The standard InChI is InChI=1S/C96H112N10O21S4/c1-11-103-79-46-41-70(128(113,114)115)58-74(79)93(3,4)83(103)30-20-14-22-32-85-95(7,8)76-60-72(130(119,120)121)43-48-81(76)105(85)54-26-16-24-34-87(107)97-50-52-99-90(110)125-63-67-38-45-78(102-92(112)126-62-66-36-39-69(40-37-66)101-89(109)57-65-28-18-13-19-29-65)68(56-67)64-127-91(111)100-53-51-98-88(108)35-25-17-27-55-106-82-49-44-73(131(122,123)124)61-77(82)96(9,10)86(106)33-23-15-21-31-84-94(5,6)75-59-71(129(116,117)118)42-47-80(75)104(84)12-2/h13-15,18-23,28-33,36-49,56,58-61H,11-12,16-17,24-27,34-35,50-55,57,62-64H2,1-10H3,(H8-2,97,98,99,100,101,102,107,108,109,110,111,112,113,114,115,116,117,118,119,120,121,122,123,124)/p+2. The van der Waals surface area contributed by atoms with Gasteiger partial charge in [0.1, 0.15) is 32.9 Å². The van der Waals surface area contributed by atoms with E-state index < -0.39 is 87.0 Å². The third-order valence-corrected chi connectivity index (χ3v) is 27.1. The minimum absolute atomic E-state index is 0.0151. The van der Waals surface area contributed by atoms with Gasteiger partial charge in [0.15, 0.2) is 11.4 Å². The molecule has 4 aliphatic heterocycles. The van der Waals surface area contributed by atoms with E-state index in [1.165, 1.54) is 54.6 Å². The third-order valence-electron chi connectivity index (χ3n) is 23.7. The van der Waals surface area contributed by atoms with Crippen molar-refractivity contribution in [3.63, 3.8) is 0 Å². The number of nitrogens with zero attached hydrogens (tertiary/aromatic N) is 4. The third kappa shape index (κ3) is 24.9. The molecular weight excluding hydrogens is 1760 g/mol. The van der Waals surface area contributed by atoms with E-state index in [1.54, 1.807) is 60.7 Å². The molecule has 131 heavy (non-hydrogen) atoms. The molecule has 10 N–H and O–H groups in total. The number of benzene rings is 7. The average molecular weight is 1870 g/mol. The highest BCUT2D eigenvalue weighted by molar-refractivity contribution is 7.86. The van der Waals surface area contributed by atoms with Gasteiger partial charge in [0, 0.05) is 145 Å². The Hall–Kier alpha value is -12.2. The van der Waals surface area contributed by atoms with E-state index in [0.29, 0.717) is 92.6 Å². The van der Waals surface area contributed by atoms with Crippen LogP contribution in [0.3, 0.4) is 0 Å². The van der Waals surface area contributed by atoms with E-state index in [9.17, 15) is 80.6 Å². The number of ether oxygens (including phenoxy) is 3. The monoisotopic (exact) mass is 1870 g/mol. The molecule has 0 saturated carbocycles. The number of hydrogen-bond donors (Lipinski definition) is 10. The lowest BCUT2D eigenvalue weighted by atomic mass is 9.81. The highest BCUT2D eigenvalue weighted by Crippen LogP contribution is 2.51. The fourth-order valence-corrected chi connectivity index (χ4v) is 18.9. The summed E-state index contributed by atoms with van der Waals surface area (Å²) in [7, 11) is -17.9. The molecule has 7 aromatic carbocycles. The minimum Gasteiger partial charge on any atom is -0.445 e. The normalized spacial score (nSPS) is 16.0. The molecule has 0 bridgehead atoms. The smallest absolute Gasteiger partial charge is 0.411 e. The summed E-state index contributed by atoms with van der Waals surface area (Å²) >= 11 is 0. The molecule has 4 heterocycles. The molecule has 0 unspecified atom stereocenters. The summed E-state index contributed by atoms with van der Waals surface area (Å²) in [4.78, 5) is 81.9. The van der Waals surface area contributed by atoms with Crippen LogP contribution < -0.4 is 41.7 Å². The van der Waals surface area contributed by atoms with Gasteiger partial charge in [-0.05, 0) is 192 Å². The number of carbonyl (C=O) groups excluding carboxylic acids is 6. The fraction of sp³-hybridized carbons (Fsp3) is 0.354. The minimum atomic E-state index is -4.53. The lowest BCUT2D eigenvalue weighted by Gasteiger charge is -2.25. The SMILES string of the molecule is CCN1/C(=C/C=C/C=C/C2=[N+](CCCCCC(=O)NCCNC(=O)OCc3ccc(NC(=O)OCc4ccc(NC(=O)Cc5ccccc5)cc4)c(COC(=O)NCCNC(=O)CCCCC[N+]4=C(/C=C/C=C/C=C5/N(CC)c6ccc(S(=O)(=O)O)cc6C5(C)C)C(C)(C)c5cc(S(=O)(=O)O)ccc54)c3)c3ccc(S(=O)(=O)O)cc3C2(C)C)C(C)(C)c2cc(S(=O)(=O)O)ccc21. The van der Waals surface area contributed by atoms with Crippen LogP contribution in [0.25, 0.3) is 0 Å². The van der Waals surface area contributed by atoms with Crippen LogP contribution in [0.2, 0.25) is 0 Å². The Morgan fingerprint density at radius 3 is 1.24 bits per heavy atom. The largest absolute Gasteiger partial charge is 0.445 e. The molecule has 0 spiro atoms. The molecule has 696 valence electrons. The van der Waals surface area contributed by atoms with E-state index in [4.69, 9.17) is 14.2 Å². The number of allylic oxidation sites excluding steroid dienone is 12. The van der Waals surface area contributed by atoms with Gasteiger partial charge in [-0.3, -0.25) is 37.9 Å². The fourth-order valence-electron chi connectivity index (χ4n) is 16.9. The molecule has 31 nitrogen and oxygen atoms in total. The van der Waals surface area contributed by atoms with Gasteiger partial charge in [-0.15, -0.1) is 0 Å². The summed E-state index contributed by atoms with van der Waals surface area (Å²) in [5.74, 6) is -0.708. The van der Waals surface area contributed by atoms with Gasteiger partial charge in [-0.25, -0.2) is 14.4 Å². The first-order valence-electron chi connectivity index (χ1n) is 43.2. The van der Waals surface area contributed by atoms with E-state index in [2.05, 4.69) is 50.9 Å². The summed E-state index contributed by atoms with van der Waals surface area (Å²) in [6.45, 7) is 21.3. The zero-order chi connectivity index (χ0) is 95.0. The number of carbonyl (C=O) groups is 6. The van der Waals surface area contributed by atoms with Crippen LogP contribution >= 0.6 is 0 Å². The first kappa shape index (κ1) is 99.4. The van der Waals surface area contributed by atoms with E-state index in [0.717, 1.165) is 62.3 Å². The summed E-state index contributed by atoms with van der Waals surface area (Å²) in [6.07, 6.45) is 20.7. The number of alkyl carbamates (subject to hydrolysis) is 2. The Labute approximate surface area is 765 Å². The Kier molecular flexibility index (Phi) is 32.1. The summed E-state index contributed by atoms with van der Waals surface area (Å²) in [5.41, 5.74) is 9.95. The molecule has 0 aromatic heterocycles. The van der Waals surface area contributed by atoms with Crippen molar-refractivity contribution in [2.24, 2.45) is 0 Å². The number of fused-ring (bicyclic) bond motifs is 4. The molecule has 4 aliphatic rings. The van der Waals surface area contributed by atoms with Gasteiger partial charge >= 0.3 is 18.3 Å². The molecular formula is C96H114N10O21S4+2. The average Bonchev–Trinajstić information content (AvgIpc) is 1.63. The van der Waals surface area contributed by atoms with Crippen molar-refractivity contribution in [1.82, 2.24) is 21.3 Å². The lowest BCUT2D eigenvalue weighted by molar-refractivity contribution is -0.438. The summed E-state index contributed by atoms with van der Waals surface area (Å²) < 4.78 is 158. The van der Waals surface area contributed by atoms with Crippen molar-refractivity contribution in [3.05, 3.63) is 262 Å². The molecule has 6 amide bonds. The van der Waals surface area contributed by atoms with Crippen LogP contribution in [0.5, 0.6) is 0 Å². The van der Waals surface area contributed by atoms with Gasteiger partial charge in [0.2, 0.25) is 29.1 Å². The highest BCUT2D eigenvalue weighted by Gasteiger charge is 2.48. The predicted octanol–water partition coefficient (Wildman–Crippen LogP) is 15.2. The quantitative estimate of drug-likeness (QED) is 0.00560. The van der Waals surface area contributed by atoms with Crippen LogP contribution in [-0.4, -0.2) is 161 Å². The molecule has 0 fully saturated rings. The Morgan fingerprint density at radius 2 is 0.794 bits per heavy atom. The van der Waals surface area contributed by atoms with Gasteiger partial charge < -0.3 is 50.6 Å². The topological polar surface area (TPSA) is 432 Å². The maximum atomic E-state index is 13.4. The summed E-state index contributed by atoms with van der Waals surface area (Å²) in [6, 6.07) is 38.9. The molecule has 35 heteroatoms. The number of unbranched alkanes of at least 4 members (excludes halogenated alkanes) is 4. The Balaban J connectivity index is 0.644. The van der Waals surface area contributed by atoms with Crippen LogP contribution in [0, 0.1) is 0 Å². The predicted molar refractivity (Wildman–Crippen MR) is 500 cm³/mol. The van der Waals surface area contributed by atoms with Crippen LogP contribution in [0.4, 0.5) is 48.5 Å². The first-order valence-corrected chi connectivity index (χ1v) is 48.9. The molecule has 11 rings (SSSR count). The number of hydrogen-bond acceptors (Lipinski definition) is 19. The molecule has 0 radical (unpaired) electrons. The maximum absolute atomic E-state index is 13.4. The maximum Gasteiger partial charge on any atom is 0.411 e. The zero-order valence-corrected chi connectivity index (χ0v) is 78.2. The number of nitrogens with one attached hydrogen (secondary N) is 6. The number of likely N-dealkylation sites (N-methyl/N-ethyl adjacent to an activating group) is 2. The number of amides is 6. The Bertz CT molecular complexity index is 6270. The van der Waals surface area contributed by atoms with E-state index >= 15 is 0 Å². The summed E-state index contributed by atoms with van der Waals surface area (Å²) in [5, 5.41) is 16.4. The first-order chi connectivity index (χ1) is 61.9. The number of rotatable bonds is 40. The van der Waals surface area contributed by atoms with Crippen molar-refractivity contribution in [2.75, 3.05) is 72.8 Å². The zero-order valence-electron chi connectivity index (χ0n) is 74.9. The van der Waals surface area contributed by atoms with Crippen LogP contribution in [-0.2, 0) is 117 Å². The van der Waals surface area contributed by atoms with Crippen molar-refractivity contribution in [2.45, 2.75) is 188 Å². The Morgan fingerprint density at radius 1 is 0.389 bits per heavy atom. The van der Waals surface area contributed by atoms with Crippen molar-refractivity contribution < 1.29 is 104 Å². The van der Waals surface area contributed by atoms with Crippen LogP contribution in [0.15, 0.2) is 237 Å². The molecule has 7 aromatic rings. The second kappa shape index (κ2) is 42.3. The van der Waals surface area contributed by atoms with Gasteiger partial charge in [0.25, 0.3) is 40.5 Å². The van der Waals surface area contributed by atoms with E-state index in [1.807, 2.05) is 160 Å². The number of anilines is 4. The second-order valence-electron chi connectivity index (χ2n) is 34.2. The lowest BCUT2D eigenvalue weighted by Crippen LogP contribution is -2.35. The molecule has 0 aliphatic carbocycles. The highest BCUT2D eigenvalue weighted by atomic mass is 32.2. The van der Waals surface area contributed by atoms with Gasteiger partial charge in [-0.1, -0.05) is 113 Å². The molecule has 0 saturated heterocycles. The van der Waals surface area contributed by atoms with Crippen molar-refractivity contribution in [1.29, 1.82) is 0 Å².